The molecule has 1 fully saturated rings. The number of amides is 1. The van der Waals surface area contributed by atoms with Crippen LogP contribution in [0.3, 0.4) is 0 Å². The van der Waals surface area contributed by atoms with Crippen LogP contribution in [0.2, 0.25) is 0 Å². The summed E-state index contributed by atoms with van der Waals surface area (Å²) >= 11 is 0. The highest BCUT2D eigenvalue weighted by atomic mass is 19.1. The predicted octanol–water partition coefficient (Wildman–Crippen LogP) is 2.03. The van der Waals surface area contributed by atoms with Gasteiger partial charge in [-0.3, -0.25) is 9.59 Å². The van der Waals surface area contributed by atoms with E-state index in [9.17, 15) is 18.4 Å². The second-order valence-corrected chi connectivity index (χ2v) is 5.38. The first-order valence-corrected chi connectivity index (χ1v) is 6.79. The third-order valence-electron chi connectivity index (χ3n) is 3.98. The van der Waals surface area contributed by atoms with Gasteiger partial charge in [-0.1, -0.05) is 18.2 Å². The minimum Gasteiger partial charge on any atom is -0.481 e. The maximum Gasteiger partial charge on any atom is 0.314 e. The predicted molar refractivity (Wildman–Crippen MR) is 72.0 cm³/mol. The van der Waals surface area contributed by atoms with E-state index in [4.69, 9.17) is 5.11 Å². The summed E-state index contributed by atoms with van der Waals surface area (Å²) in [6.07, 6.45) is 0.449. The summed E-state index contributed by atoms with van der Waals surface area (Å²) in [5, 5.41) is 9.08. The van der Waals surface area contributed by atoms with E-state index in [0.29, 0.717) is 5.56 Å². The molecule has 1 atom stereocenters. The molecule has 0 saturated carbocycles. The Bertz CT molecular complexity index is 549. The van der Waals surface area contributed by atoms with E-state index in [-0.39, 0.29) is 44.1 Å². The molecule has 0 aromatic heterocycles. The van der Waals surface area contributed by atoms with Crippen LogP contribution in [0.15, 0.2) is 24.3 Å². The van der Waals surface area contributed by atoms with Gasteiger partial charge in [0, 0.05) is 19.5 Å². The third kappa shape index (κ3) is 3.20. The number of alkyl halides is 1. The van der Waals surface area contributed by atoms with Crippen LogP contribution in [0.5, 0.6) is 0 Å². The van der Waals surface area contributed by atoms with E-state index >= 15 is 0 Å². The molecule has 1 N–H and O–H groups in total. The molecule has 2 rings (SSSR count). The lowest BCUT2D eigenvalue weighted by molar-refractivity contribution is -0.149. The molecule has 0 radical (unpaired) electrons. The summed E-state index contributed by atoms with van der Waals surface area (Å²) in [5.74, 6) is -1.85. The number of nitrogens with zero attached hydrogens (tertiary/aromatic N) is 1. The van der Waals surface area contributed by atoms with Crippen molar-refractivity contribution in [2.24, 2.45) is 5.41 Å². The normalized spacial score (nSPS) is 21.5. The van der Waals surface area contributed by atoms with Crippen LogP contribution in [-0.4, -0.2) is 41.6 Å². The number of hydrogen-bond acceptors (Lipinski definition) is 2. The van der Waals surface area contributed by atoms with Gasteiger partial charge in [-0.25, -0.2) is 8.78 Å². The maximum absolute atomic E-state index is 13.4. The van der Waals surface area contributed by atoms with Crippen molar-refractivity contribution in [2.75, 3.05) is 19.8 Å². The number of carbonyl (C=O) groups is 2. The molecular formula is C15H17F2NO3. The maximum atomic E-state index is 13.4. The third-order valence-corrected chi connectivity index (χ3v) is 3.98. The molecule has 0 spiro atoms. The molecule has 6 heteroatoms. The fraction of sp³-hybridized carbons (Fsp3) is 0.467. The van der Waals surface area contributed by atoms with Gasteiger partial charge in [-0.2, -0.15) is 0 Å². The molecule has 1 heterocycles. The van der Waals surface area contributed by atoms with Crippen LogP contribution in [0.4, 0.5) is 8.78 Å². The van der Waals surface area contributed by atoms with Crippen molar-refractivity contribution in [3.8, 4) is 0 Å². The number of rotatable bonds is 5. The number of aliphatic carboxylic acids is 1. The first kappa shape index (κ1) is 15.4. The summed E-state index contributed by atoms with van der Waals surface area (Å²) in [4.78, 5) is 24.5. The second kappa shape index (κ2) is 6.20. The standard InChI is InChI=1S/C15H17F2NO3/c16-9-15(14(20)21)7-8-18(10-15)13(19)6-5-11-3-1-2-4-12(11)17/h1-4H,5-10H2,(H,20,21). The monoisotopic (exact) mass is 297 g/mol. The van der Waals surface area contributed by atoms with E-state index in [0.717, 1.165) is 0 Å². The SMILES string of the molecule is O=C(CCc1ccccc1F)N1CCC(CF)(C(=O)O)C1. The van der Waals surface area contributed by atoms with Crippen LogP contribution in [-0.2, 0) is 16.0 Å². The summed E-state index contributed by atoms with van der Waals surface area (Å²) < 4.78 is 26.4. The number of benzene rings is 1. The zero-order valence-electron chi connectivity index (χ0n) is 11.5. The number of carboxylic acid groups (broad SMARTS) is 1. The largest absolute Gasteiger partial charge is 0.481 e. The number of carboxylic acids is 1. The molecule has 114 valence electrons. The first-order chi connectivity index (χ1) is 9.98. The van der Waals surface area contributed by atoms with Gasteiger partial charge in [0.05, 0.1) is 0 Å². The Kier molecular flexibility index (Phi) is 4.55. The quantitative estimate of drug-likeness (QED) is 0.904. The minimum atomic E-state index is -1.48. The van der Waals surface area contributed by atoms with Crippen molar-refractivity contribution < 1.29 is 23.5 Å². The first-order valence-electron chi connectivity index (χ1n) is 6.79. The van der Waals surface area contributed by atoms with Crippen molar-refractivity contribution in [1.82, 2.24) is 4.90 Å². The van der Waals surface area contributed by atoms with Crippen molar-refractivity contribution in [1.29, 1.82) is 0 Å². The van der Waals surface area contributed by atoms with Crippen molar-refractivity contribution in [2.45, 2.75) is 19.3 Å². The number of likely N-dealkylation sites (tertiary alicyclic amines) is 1. The van der Waals surface area contributed by atoms with Crippen molar-refractivity contribution >= 4 is 11.9 Å². The Morgan fingerprint density at radius 2 is 2.05 bits per heavy atom. The molecule has 1 aromatic carbocycles. The molecule has 1 saturated heterocycles. The van der Waals surface area contributed by atoms with Gasteiger partial charge < -0.3 is 10.0 Å². The van der Waals surface area contributed by atoms with E-state index in [1.165, 1.54) is 11.0 Å². The van der Waals surface area contributed by atoms with Crippen LogP contribution < -0.4 is 0 Å². The lowest BCUT2D eigenvalue weighted by Crippen LogP contribution is -2.38. The Morgan fingerprint density at radius 1 is 1.33 bits per heavy atom. The fourth-order valence-electron chi connectivity index (χ4n) is 2.53. The lowest BCUT2D eigenvalue weighted by Gasteiger charge is -2.21. The number of aryl methyl sites for hydroxylation is 1. The Balaban J connectivity index is 1.94. The highest BCUT2D eigenvalue weighted by Crippen LogP contribution is 2.31. The van der Waals surface area contributed by atoms with Gasteiger partial charge in [0.15, 0.2) is 0 Å². The molecule has 1 amide bonds. The molecular weight excluding hydrogens is 280 g/mol. The second-order valence-electron chi connectivity index (χ2n) is 5.38. The van der Waals surface area contributed by atoms with Gasteiger partial charge >= 0.3 is 5.97 Å². The van der Waals surface area contributed by atoms with E-state index in [2.05, 4.69) is 0 Å². The van der Waals surface area contributed by atoms with E-state index in [1.807, 2.05) is 0 Å². The van der Waals surface area contributed by atoms with Crippen molar-refractivity contribution in [3.05, 3.63) is 35.6 Å². The smallest absolute Gasteiger partial charge is 0.314 e. The van der Waals surface area contributed by atoms with Crippen LogP contribution >= 0.6 is 0 Å². The van der Waals surface area contributed by atoms with Crippen LogP contribution in [0, 0.1) is 11.2 Å². The molecule has 1 aliphatic heterocycles. The van der Waals surface area contributed by atoms with Gasteiger partial charge in [0.25, 0.3) is 0 Å². The molecule has 0 bridgehead atoms. The molecule has 1 aromatic rings. The fourth-order valence-corrected chi connectivity index (χ4v) is 2.53. The minimum absolute atomic E-state index is 0.0862. The van der Waals surface area contributed by atoms with E-state index < -0.39 is 18.1 Å². The molecule has 21 heavy (non-hydrogen) atoms. The highest BCUT2D eigenvalue weighted by molar-refractivity contribution is 5.81. The van der Waals surface area contributed by atoms with Crippen LogP contribution in [0.25, 0.3) is 0 Å². The molecule has 1 unspecified atom stereocenters. The summed E-state index contributed by atoms with van der Waals surface area (Å²) in [7, 11) is 0. The Morgan fingerprint density at radius 3 is 2.62 bits per heavy atom. The summed E-state index contributed by atoms with van der Waals surface area (Å²) in [6, 6.07) is 6.20. The Hall–Kier alpha value is -1.98. The van der Waals surface area contributed by atoms with Gasteiger partial charge in [0.1, 0.15) is 17.9 Å². The highest BCUT2D eigenvalue weighted by Gasteiger charge is 2.46. The zero-order valence-corrected chi connectivity index (χ0v) is 11.5. The molecule has 0 aliphatic carbocycles. The molecule has 4 nitrogen and oxygen atoms in total. The van der Waals surface area contributed by atoms with Gasteiger partial charge in [-0.05, 0) is 24.5 Å². The Labute approximate surface area is 121 Å². The van der Waals surface area contributed by atoms with Gasteiger partial charge in [0.2, 0.25) is 5.91 Å². The van der Waals surface area contributed by atoms with Crippen LogP contribution in [0.1, 0.15) is 18.4 Å². The molecule has 1 aliphatic rings. The average molecular weight is 297 g/mol. The zero-order chi connectivity index (χ0) is 15.5. The van der Waals surface area contributed by atoms with Gasteiger partial charge in [-0.15, -0.1) is 0 Å². The lowest BCUT2D eigenvalue weighted by atomic mass is 9.89. The number of hydrogen-bond donors (Lipinski definition) is 1. The summed E-state index contributed by atoms with van der Waals surface area (Å²) in [5.41, 5.74) is -1.03. The average Bonchev–Trinajstić information content (AvgIpc) is 2.92. The number of halogens is 2. The van der Waals surface area contributed by atoms with E-state index in [1.54, 1.807) is 18.2 Å². The van der Waals surface area contributed by atoms with Crippen molar-refractivity contribution in [3.63, 3.8) is 0 Å². The summed E-state index contributed by atoms with van der Waals surface area (Å²) in [6.45, 7) is -0.874. The topological polar surface area (TPSA) is 57.6 Å². The number of carbonyl (C=O) groups excluding carboxylic acids is 1.